The molecule has 0 saturated carbocycles. The van der Waals surface area contributed by atoms with Crippen molar-refractivity contribution in [3.8, 4) is 11.5 Å². The van der Waals surface area contributed by atoms with Crippen molar-refractivity contribution in [1.82, 2.24) is 9.88 Å². The van der Waals surface area contributed by atoms with E-state index in [1.807, 2.05) is 20.8 Å². The first-order valence-electron chi connectivity index (χ1n) is 11.7. The van der Waals surface area contributed by atoms with Crippen molar-refractivity contribution >= 4 is 23.4 Å². The molecule has 3 aromatic rings. The van der Waals surface area contributed by atoms with Crippen molar-refractivity contribution in [2.45, 2.75) is 45.0 Å². The molecular weight excluding hydrogens is 489 g/mol. The summed E-state index contributed by atoms with van der Waals surface area (Å²) in [7, 11) is 0. The Balaban J connectivity index is 1.40. The number of rotatable bonds is 5. The van der Waals surface area contributed by atoms with Gasteiger partial charge in [-0.15, -0.1) is 0 Å². The summed E-state index contributed by atoms with van der Waals surface area (Å²) in [6.45, 7) is 6.47. The summed E-state index contributed by atoms with van der Waals surface area (Å²) in [5.74, 6) is -2.80. The third-order valence-corrected chi connectivity index (χ3v) is 5.47. The minimum absolute atomic E-state index is 0.00819. The van der Waals surface area contributed by atoms with E-state index in [0.717, 1.165) is 12.1 Å². The lowest BCUT2D eigenvalue weighted by Gasteiger charge is -2.24. The Morgan fingerprint density at radius 2 is 1.68 bits per heavy atom. The average molecular weight is 517 g/mol. The van der Waals surface area contributed by atoms with Crippen LogP contribution in [0.15, 0.2) is 59.0 Å². The number of ether oxygens (including phenoxy) is 1. The number of nitrogens with zero attached hydrogens (tertiary/aromatic N) is 2. The molecule has 0 bridgehead atoms. The molecule has 0 spiro atoms. The highest BCUT2D eigenvalue weighted by Gasteiger charge is 2.42. The van der Waals surface area contributed by atoms with E-state index < -0.39 is 29.1 Å². The van der Waals surface area contributed by atoms with Gasteiger partial charge in [0, 0.05) is 36.1 Å². The molecule has 2 N–H and O–H groups in total. The molecule has 1 atom stereocenters. The highest BCUT2D eigenvalue weighted by atomic mass is 19.4. The second-order valence-corrected chi connectivity index (χ2v) is 9.65. The molecule has 1 fully saturated rings. The number of carbonyl (C=O) groups is 2. The molecule has 8 nitrogen and oxygen atoms in total. The summed E-state index contributed by atoms with van der Waals surface area (Å²) >= 11 is 0. The molecule has 1 unspecified atom stereocenters. The summed E-state index contributed by atoms with van der Waals surface area (Å²) in [6, 6.07) is 14.5. The fraction of sp³-hybridized carbons (Fsp3) is 0.346. The number of benzene rings is 2. The summed E-state index contributed by atoms with van der Waals surface area (Å²) < 4.78 is 50.9. The van der Waals surface area contributed by atoms with Crippen molar-refractivity contribution in [3.05, 3.63) is 66.1 Å². The molecule has 2 amide bonds. The molecule has 0 radical (unpaired) electrons. The predicted octanol–water partition coefficient (Wildman–Crippen LogP) is 6.03. The maximum atomic E-state index is 13.5. The van der Waals surface area contributed by atoms with Crippen LogP contribution in [0.5, 0.6) is 0 Å². The second kappa shape index (κ2) is 10.2. The number of aromatic nitrogens is 1. The van der Waals surface area contributed by atoms with E-state index in [1.54, 1.807) is 47.4 Å². The van der Waals surface area contributed by atoms with Gasteiger partial charge in [-0.3, -0.25) is 4.79 Å². The normalized spacial score (nSPS) is 15.9. The first kappa shape index (κ1) is 26.1. The van der Waals surface area contributed by atoms with E-state index in [0.29, 0.717) is 18.7 Å². The van der Waals surface area contributed by atoms with Gasteiger partial charge in [0.15, 0.2) is 5.69 Å². The van der Waals surface area contributed by atoms with Gasteiger partial charge in [0.2, 0.25) is 11.7 Å². The first-order chi connectivity index (χ1) is 17.4. The van der Waals surface area contributed by atoms with Gasteiger partial charge in [0.25, 0.3) is 5.91 Å². The van der Waals surface area contributed by atoms with Crippen LogP contribution in [0.3, 0.4) is 0 Å². The number of oxazole rings is 1. The van der Waals surface area contributed by atoms with Crippen LogP contribution < -0.4 is 10.6 Å². The van der Waals surface area contributed by atoms with Crippen molar-refractivity contribution in [2.24, 2.45) is 0 Å². The first-order valence-corrected chi connectivity index (χ1v) is 11.7. The number of anilines is 2. The van der Waals surface area contributed by atoms with Gasteiger partial charge in [-0.25, -0.2) is 9.78 Å². The molecule has 11 heteroatoms. The van der Waals surface area contributed by atoms with Crippen LogP contribution >= 0.6 is 0 Å². The standard InChI is InChI=1S/C26H27F3N4O4/c1-25(2,3)37-24(35)33-14-13-19(15-33)30-17-9-11-18(12-10-17)31-22(34)20-21(26(27,28)29)36-23(32-20)16-7-5-4-6-8-16/h4-12,19,30H,13-15H2,1-3H3,(H,31,34). The molecule has 1 saturated heterocycles. The van der Waals surface area contributed by atoms with Crippen molar-refractivity contribution < 1.29 is 31.9 Å². The van der Waals surface area contributed by atoms with Crippen LogP contribution in [-0.2, 0) is 10.9 Å². The maximum absolute atomic E-state index is 13.5. The van der Waals surface area contributed by atoms with Gasteiger partial charge in [-0.1, -0.05) is 18.2 Å². The Morgan fingerprint density at radius 1 is 1.03 bits per heavy atom. The largest absolute Gasteiger partial charge is 0.452 e. The lowest BCUT2D eigenvalue weighted by Crippen LogP contribution is -2.36. The van der Waals surface area contributed by atoms with Crippen LogP contribution in [0, 0.1) is 0 Å². The number of halogens is 3. The Bertz CT molecular complexity index is 1250. The van der Waals surface area contributed by atoms with E-state index in [-0.39, 0.29) is 23.7 Å². The number of hydrogen-bond donors (Lipinski definition) is 2. The maximum Gasteiger partial charge on any atom is 0.452 e. The Morgan fingerprint density at radius 3 is 2.30 bits per heavy atom. The van der Waals surface area contributed by atoms with Crippen molar-refractivity contribution in [2.75, 3.05) is 23.7 Å². The zero-order chi connectivity index (χ0) is 26.8. The number of likely N-dealkylation sites (tertiary alicyclic amines) is 1. The lowest BCUT2D eigenvalue weighted by molar-refractivity contribution is -0.153. The van der Waals surface area contributed by atoms with E-state index in [1.165, 1.54) is 12.1 Å². The van der Waals surface area contributed by atoms with Crippen LogP contribution in [-0.4, -0.2) is 46.6 Å². The molecule has 1 aliphatic rings. The van der Waals surface area contributed by atoms with Crippen molar-refractivity contribution in [3.63, 3.8) is 0 Å². The van der Waals surface area contributed by atoms with Gasteiger partial charge in [0.05, 0.1) is 0 Å². The molecule has 2 heterocycles. The Hall–Kier alpha value is -4.02. The molecule has 0 aliphatic carbocycles. The fourth-order valence-electron chi connectivity index (χ4n) is 3.82. The molecule has 2 aromatic carbocycles. The molecule has 196 valence electrons. The third-order valence-electron chi connectivity index (χ3n) is 5.47. The molecule has 4 rings (SSSR count). The number of amides is 2. The van der Waals surface area contributed by atoms with E-state index in [9.17, 15) is 22.8 Å². The van der Waals surface area contributed by atoms with Crippen LogP contribution in [0.2, 0.25) is 0 Å². The van der Waals surface area contributed by atoms with Gasteiger partial charge < -0.3 is 24.7 Å². The topological polar surface area (TPSA) is 96.7 Å². The van der Waals surface area contributed by atoms with Crippen molar-refractivity contribution in [1.29, 1.82) is 0 Å². The van der Waals surface area contributed by atoms with Gasteiger partial charge in [0.1, 0.15) is 5.60 Å². The Kier molecular flexibility index (Phi) is 7.15. The third kappa shape index (κ3) is 6.60. The number of hydrogen-bond acceptors (Lipinski definition) is 6. The minimum atomic E-state index is -4.89. The number of nitrogens with one attached hydrogen (secondary N) is 2. The Labute approximate surface area is 211 Å². The minimum Gasteiger partial charge on any atom is -0.444 e. The van der Waals surface area contributed by atoms with Gasteiger partial charge in [-0.2, -0.15) is 13.2 Å². The highest BCUT2D eigenvalue weighted by Crippen LogP contribution is 2.35. The molecule has 1 aromatic heterocycles. The van der Waals surface area contributed by atoms with Crippen LogP contribution in [0.4, 0.5) is 29.3 Å². The summed E-state index contributed by atoms with van der Waals surface area (Å²) in [5.41, 5.74) is -0.0762. The molecule has 37 heavy (non-hydrogen) atoms. The fourth-order valence-corrected chi connectivity index (χ4v) is 3.82. The predicted molar refractivity (Wildman–Crippen MR) is 131 cm³/mol. The summed E-state index contributed by atoms with van der Waals surface area (Å²) in [4.78, 5) is 30.4. The quantitative estimate of drug-likeness (QED) is 0.430. The number of carbonyl (C=O) groups excluding carboxylic acids is 2. The highest BCUT2D eigenvalue weighted by molar-refractivity contribution is 6.04. The molecule has 1 aliphatic heterocycles. The average Bonchev–Trinajstić information content (AvgIpc) is 3.48. The zero-order valence-electron chi connectivity index (χ0n) is 20.6. The molecular formula is C26H27F3N4O4. The SMILES string of the molecule is CC(C)(C)OC(=O)N1CCC(Nc2ccc(NC(=O)c3nc(-c4ccccc4)oc3C(F)(F)F)cc2)C1. The van der Waals surface area contributed by atoms with E-state index in [4.69, 9.17) is 9.15 Å². The zero-order valence-corrected chi connectivity index (χ0v) is 20.6. The van der Waals surface area contributed by atoms with Gasteiger partial charge >= 0.3 is 12.3 Å². The number of alkyl halides is 3. The summed E-state index contributed by atoms with van der Waals surface area (Å²) in [6.07, 6.45) is -4.53. The van der Waals surface area contributed by atoms with E-state index in [2.05, 4.69) is 15.6 Å². The monoisotopic (exact) mass is 516 g/mol. The van der Waals surface area contributed by atoms with Crippen LogP contribution in [0.1, 0.15) is 43.4 Å². The summed E-state index contributed by atoms with van der Waals surface area (Å²) in [5, 5.41) is 5.75. The lowest BCUT2D eigenvalue weighted by atomic mass is 10.2. The van der Waals surface area contributed by atoms with E-state index >= 15 is 0 Å². The van der Waals surface area contributed by atoms with Gasteiger partial charge in [-0.05, 0) is 63.6 Å². The van der Waals surface area contributed by atoms with Crippen LogP contribution in [0.25, 0.3) is 11.5 Å². The smallest absolute Gasteiger partial charge is 0.444 e. The second-order valence-electron chi connectivity index (χ2n) is 9.65.